The molecule has 1 aromatic rings. The summed E-state index contributed by atoms with van der Waals surface area (Å²) in [6.07, 6.45) is 1.17. The summed E-state index contributed by atoms with van der Waals surface area (Å²) in [5, 5.41) is 3.63. The maximum absolute atomic E-state index is 5.22. The van der Waals surface area contributed by atoms with Crippen LogP contribution in [0.1, 0.15) is 38.3 Å². The number of nitrogens with one attached hydrogen (secondary N) is 1. The van der Waals surface area contributed by atoms with E-state index in [-0.39, 0.29) is 0 Å². The van der Waals surface area contributed by atoms with Crippen LogP contribution in [0.3, 0.4) is 0 Å². The fourth-order valence-electron chi connectivity index (χ4n) is 2.12. The van der Waals surface area contributed by atoms with Gasteiger partial charge in [0.15, 0.2) is 0 Å². The maximum atomic E-state index is 5.22. The van der Waals surface area contributed by atoms with E-state index in [9.17, 15) is 0 Å². The van der Waals surface area contributed by atoms with E-state index in [0.717, 1.165) is 6.54 Å². The number of ether oxygens (including phenoxy) is 1. The van der Waals surface area contributed by atoms with E-state index in [2.05, 4.69) is 50.4 Å². The third kappa shape index (κ3) is 4.49. The lowest BCUT2D eigenvalue weighted by Crippen LogP contribution is -2.32. The first kappa shape index (κ1) is 14.2. The van der Waals surface area contributed by atoms with Crippen LogP contribution in [0.15, 0.2) is 24.3 Å². The molecule has 1 atom stereocenters. The third-order valence-corrected chi connectivity index (χ3v) is 3.22. The number of hydrogen-bond donors (Lipinski definition) is 1. The molecule has 0 aliphatic rings. The summed E-state index contributed by atoms with van der Waals surface area (Å²) in [5.74, 6) is 0.676. The van der Waals surface area contributed by atoms with Gasteiger partial charge in [-0.3, -0.25) is 0 Å². The van der Waals surface area contributed by atoms with Crippen molar-refractivity contribution in [2.24, 2.45) is 5.92 Å². The van der Waals surface area contributed by atoms with Gasteiger partial charge in [-0.25, -0.2) is 0 Å². The van der Waals surface area contributed by atoms with Gasteiger partial charge >= 0.3 is 0 Å². The molecule has 0 bridgehead atoms. The number of benzene rings is 1. The van der Waals surface area contributed by atoms with Crippen LogP contribution in [0, 0.1) is 5.92 Å². The first-order valence-electron chi connectivity index (χ1n) is 6.48. The monoisotopic (exact) mass is 235 g/mol. The Hall–Kier alpha value is -0.860. The lowest BCUT2D eigenvalue weighted by Gasteiger charge is -2.21. The molecule has 2 nitrogen and oxygen atoms in total. The normalized spacial score (nSPS) is 13.0. The summed E-state index contributed by atoms with van der Waals surface area (Å²) in [5.41, 5.74) is 2.62. The van der Waals surface area contributed by atoms with Crippen LogP contribution in [0.25, 0.3) is 0 Å². The molecule has 0 aliphatic heterocycles. The van der Waals surface area contributed by atoms with Crippen molar-refractivity contribution in [1.29, 1.82) is 0 Å². The van der Waals surface area contributed by atoms with E-state index in [1.165, 1.54) is 17.5 Å². The van der Waals surface area contributed by atoms with Gasteiger partial charge in [0.2, 0.25) is 0 Å². The first-order valence-corrected chi connectivity index (χ1v) is 6.48. The molecule has 1 aromatic carbocycles. The Labute approximate surface area is 105 Å². The van der Waals surface area contributed by atoms with Gasteiger partial charge in [-0.15, -0.1) is 0 Å². The molecule has 0 amide bonds. The predicted octanol–water partition coefficient (Wildman–Crippen LogP) is 3.36. The maximum Gasteiger partial charge on any atom is 0.0716 e. The van der Waals surface area contributed by atoms with Gasteiger partial charge in [0.05, 0.1) is 6.61 Å². The first-order chi connectivity index (χ1) is 8.19. The number of rotatable bonds is 7. The van der Waals surface area contributed by atoms with Crippen LogP contribution < -0.4 is 5.32 Å². The minimum Gasteiger partial charge on any atom is -0.380 e. The zero-order valence-electron chi connectivity index (χ0n) is 11.5. The molecule has 2 heteroatoms. The van der Waals surface area contributed by atoms with Crippen LogP contribution in [0.5, 0.6) is 0 Å². The highest BCUT2D eigenvalue weighted by Gasteiger charge is 2.10. The Morgan fingerprint density at radius 3 is 2.35 bits per heavy atom. The van der Waals surface area contributed by atoms with Crippen molar-refractivity contribution in [1.82, 2.24) is 5.32 Å². The average Bonchev–Trinajstić information content (AvgIpc) is 2.32. The standard InChI is InChI=1S/C15H25NO/c1-5-15(12(2)3)16-10-13-8-6-7-9-14(13)11-17-4/h6-9,12,15-16H,5,10-11H2,1-4H3. The molecule has 1 N–H and O–H groups in total. The van der Waals surface area contributed by atoms with E-state index in [0.29, 0.717) is 18.6 Å². The fourth-order valence-corrected chi connectivity index (χ4v) is 2.12. The molecule has 0 saturated heterocycles. The number of methoxy groups -OCH3 is 1. The molecular weight excluding hydrogens is 210 g/mol. The minimum absolute atomic E-state index is 0.589. The lowest BCUT2D eigenvalue weighted by molar-refractivity contribution is 0.184. The molecule has 0 spiro atoms. The molecular formula is C15H25NO. The van der Waals surface area contributed by atoms with Crippen LogP contribution in [0.4, 0.5) is 0 Å². The average molecular weight is 235 g/mol. The van der Waals surface area contributed by atoms with Crippen LogP contribution in [-0.2, 0) is 17.9 Å². The summed E-state index contributed by atoms with van der Waals surface area (Å²) in [6.45, 7) is 8.38. The Bertz CT molecular complexity index is 322. The Morgan fingerprint density at radius 2 is 1.82 bits per heavy atom. The molecule has 0 aliphatic carbocycles. The molecule has 1 unspecified atom stereocenters. The minimum atomic E-state index is 0.589. The molecule has 0 radical (unpaired) electrons. The molecule has 1 rings (SSSR count). The predicted molar refractivity (Wildman–Crippen MR) is 72.9 cm³/mol. The molecule has 96 valence electrons. The number of hydrogen-bond acceptors (Lipinski definition) is 2. The smallest absolute Gasteiger partial charge is 0.0716 e. The van der Waals surface area contributed by atoms with Gasteiger partial charge < -0.3 is 10.1 Å². The highest BCUT2D eigenvalue weighted by Crippen LogP contribution is 2.12. The highest BCUT2D eigenvalue weighted by molar-refractivity contribution is 5.26. The van der Waals surface area contributed by atoms with E-state index in [1.807, 2.05) is 0 Å². The van der Waals surface area contributed by atoms with Crippen LogP contribution >= 0.6 is 0 Å². The Balaban J connectivity index is 2.61. The van der Waals surface area contributed by atoms with Gasteiger partial charge in [-0.2, -0.15) is 0 Å². The third-order valence-electron chi connectivity index (χ3n) is 3.22. The van der Waals surface area contributed by atoms with Gasteiger partial charge in [0, 0.05) is 19.7 Å². The largest absolute Gasteiger partial charge is 0.380 e. The van der Waals surface area contributed by atoms with Gasteiger partial charge in [-0.05, 0) is 23.5 Å². The molecule has 0 heterocycles. The van der Waals surface area contributed by atoms with Gasteiger partial charge in [-0.1, -0.05) is 45.0 Å². The van der Waals surface area contributed by atoms with Crippen molar-refractivity contribution in [2.45, 2.75) is 46.4 Å². The van der Waals surface area contributed by atoms with Crippen LogP contribution in [-0.4, -0.2) is 13.2 Å². The zero-order chi connectivity index (χ0) is 12.7. The van der Waals surface area contributed by atoms with Crippen molar-refractivity contribution in [3.63, 3.8) is 0 Å². The topological polar surface area (TPSA) is 21.3 Å². The second-order valence-corrected chi connectivity index (χ2v) is 4.84. The molecule has 0 fully saturated rings. The SMILES string of the molecule is CCC(NCc1ccccc1COC)C(C)C. The van der Waals surface area contributed by atoms with Crippen molar-refractivity contribution < 1.29 is 4.74 Å². The van der Waals surface area contributed by atoms with Gasteiger partial charge in [0.25, 0.3) is 0 Å². The van der Waals surface area contributed by atoms with E-state index in [1.54, 1.807) is 7.11 Å². The van der Waals surface area contributed by atoms with Crippen molar-refractivity contribution >= 4 is 0 Å². The zero-order valence-corrected chi connectivity index (χ0v) is 11.5. The molecule has 0 aromatic heterocycles. The Morgan fingerprint density at radius 1 is 1.18 bits per heavy atom. The van der Waals surface area contributed by atoms with Crippen molar-refractivity contribution in [2.75, 3.05) is 7.11 Å². The van der Waals surface area contributed by atoms with E-state index < -0.39 is 0 Å². The van der Waals surface area contributed by atoms with Gasteiger partial charge in [0.1, 0.15) is 0 Å². The molecule has 0 saturated carbocycles. The summed E-state index contributed by atoms with van der Waals surface area (Å²) in [6, 6.07) is 9.06. The second-order valence-electron chi connectivity index (χ2n) is 4.84. The van der Waals surface area contributed by atoms with Crippen molar-refractivity contribution in [3.8, 4) is 0 Å². The van der Waals surface area contributed by atoms with Crippen molar-refractivity contribution in [3.05, 3.63) is 35.4 Å². The van der Waals surface area contributed by atoms with E-state index >= 15 is 0 Å². The second kappa shape index (κ2) is 7.46. The fraction of sp³-hybridized carbons (Fsp3) is 0.600. The summed E-state index contributed by atoms with van der Waals surface area (Å²) >= 11 is 0. The molecule has 17 heavy (non-hydrogen) atoms. The summed E-state index contributed by atoms with van der Waals surface area (Å²) < 4.78 is 5.22. The summed E-state index contributed by atoms with van der Waals surface area (Å²) in [7, 11) is 1.74. The Kier molecular flexibility index (Phi) is 6.23. The lowest BCUT2D eigenvalue weighted by atomic mass is 10.0. The quantitative estimate of drug-likeness (QED) is 0.782. The summed E-state index contributed by atoms with van der Waals surface area (Å²) in [4.78, 5) is 0. The van der Waals surface area contributed by atoms with E-state index in [4.69, 9.17) is 4.74 Å². The van der Waals surface area contributed by atoms with Crippen LogP contribution in [0.2, 0.25) is 0 Å². The highest BCUT2D eigenvalue weighted by atomic mass is 16.5.